The maximum Gasteiger partial charge on any atom is 0.0847 e. The Labute approximate surface area is 112 Å². The zero-order chi connectivity index (χ0) is 13.3. The highest BCUT2D eigenvalue weighted by atomic mass is 35.5. The van der Waals surface area contributed by atoms with Gasteiger partial charge in [0.2, 0.25) is 0 Å². The number of nitrogens with two attached hydrogens (primary N) is 1. The summed E-state index contributed by atoms with van der Waals surface area (Å²) in [5.41, 5.74) is 10.1. The lowest BCUT2D eigenvalue weighted by atomic mass is 10.0. The van der Waals surface area contributed by atoms with Crippen molar-refractivity contribution < 1.29 is 0 Å². The summed E-state index contributed by atoms with van der Waals surface area (Å²) in [4.78, 5) is 4.16. The zero-order valence-corrected chi connectivity index (χ0v) is 11.6. The quantitative estimate of drug-likeness (QED) is 0.926. The Morgan fingerprint density at radius 2 is 2.11 bits per heavy atom. The molecule has 96 valence electrons. The predicted molar refractivity (Wildman–Crippen MR) is 72.6 cm³/mol. The summed E-state index contributed by atoms with van der Waals surface area (Å²) in [5, 5.41) is 4.99. The van der Waals surface area contributed by atoms with E-state index in [0.29, 0.717) is 11.4 Å². The Morgan fingerprint density at radius 3 is 2.67 bits per heavy atom. The molecule has 2 aromatic rings. The lowest BCUT2D eigenvalue weighted by molar-refractivity contribution is 0.638. The molecule has 0 aromatic carbocycles. The van der Waals surface area contributed by atoms with Gasteiger partial charge in [0.15, 0.2) is 0 Å². The number of hydrogen-bond acceptors (Lipinski definition) is 3. The summed E-state index contributed by atoms with van der Waals surface area (Å²) >= 11 is 6.22. The molecule has 1 atom stereocenters. The first-order valence-corrected chi connectivity index (χ1v) is 6.22. The van der Waals surface area contributed by atoms with Crippen LogP contribution < -0.4 is 5.73 Å². The van der Waals surface area contributed by atoms with Crippen molar-refractivity contribution in [3.63, 3.8) is 0 Å². The van der Waals surface area contributed by atoms with Crippen molar-refractivity contribution in [2.75, 3.05) is 0 Å². The molecule has 0 spiro atoms. The molecule has 0 fully saturated rings. The van der Waals surface area contributed by atoms with E-state index >= 15 is 0 Å². The molecule has 5 heteroatoms. The summed E-state index contributed by atoms with van der Waals surface area (Å²) in [6, 6.07) is 1.93. The maximum atomic E-state index is 6.22. The molecule has 0 bridgehead atoms. The number of pyridine rings is 1. The molecule has 0 aliphatic rings. The molecule has 0 aliphatic heterocycles. The SMILES string of the molecule is Cc1cncc(C(N)Cc2c(Cl)c(C)nn2C)c1. The summed E-state index contributed by atoms with van der Waals surface area (Å²) in [5.74, 6) is 0. The van der Waals surface area contributed by atoms with Gasteiger partial charge in [-0.05, 0) is 25.0 Å². The monoisotopic (exact) mass is 264 g/mol. The number of nitrogens with zero attached hydrogens (tertiary/aromatic N) is 3. The number of hydrogen-bond donors (Lipinski definition) is 1. The first-order valence-electron chi connectivity index (χ1n) is 5.84. The molecule has 4 nitrogen and oxygen atoms in total. The summed E-state index contributed by atoms with van der Waals surface area (Å²) < 4.78 is 1.79. The van der Waals surface area contributed by atoms with Gasteiger partial charge in [0.25, 0.3) is 0 Å². The van der Waals surface area contributed by atoms with Crippen LogP contribution in [-0.4, -0.2) is 14.8 Å². The van der Waals surface area contributed by atoms with Gasteiger partial charge in [-0.1, -0.05) is 17.7 Å². The minimum atomic E-state index is -0.121. The third kappa shape index (κ3) is 2.54. The van der Waals surface area contributed by atoms with Crippen molar-refractivity contribution in [3.8, 4) is 0 Å². The van der Waals surface area contributed by atoms with Crippen LogP contribution in [-0.2, 0) is 13.5 Å². The van der Waals surface area contributed by atoms with Crippen LogP contribution in [0.4, 0.5) is 0 Å². The normalized spacial score (nSPS) is 12.7. The van der Waals surface area contributed by atoms with E-state index in [2.05, 4.69) is 16.1 Å². The van der Waals surface area contributed by atoms with Gasteiger partial charge in [0.05, 0.1) is 16.4 Å². The molecule has 2 rings (SSSR count). The van der Waals surface area contributed by atoms with Crippen molar-refractivity contribution in [2.24, 2.45) is 12.8 Å². The Kier molecular flexibility index (Phi) is 3.68. The Bertz CT molecular complexity index is 562. The Morgan fingerprint density at radius 1 is 1.39 bits per heavy atom. The molecule has 0 aliphatic carbocycles. The number of aromatic nitrogens is 3. The average molecular weight is 265 g/mol. The lowest BCUT2D eigenvalue weighted by Gasteiger charge is -2.12. The molecule has 2 N–H and O–H groups in total. The second kappa shape index (κ2) is 5.08. The highest BCUT2D eigenvalue weighted by Crippen LogP contribution is 2.24. The molecule has 0 amide bonds. The molecular formula is C13H17ClN4. The molecule has 1 unspecified atom stereocenters. The van der Waals surface area contributed by atoms with Crippen LogP contribution in [0.25, 0.3) is 0 Å². The van der Waals surface area contributed by atoms with Crippen molar-refractivity contribution >= 4 is 11.6 Å². The third-order valence-electron chi connectivity index (χ3n) is 3.00. The van der Waals surface area contributed by atoms with E-state index in [1.807, 2.05) is 27.1 Å². The molecule has 2 heterocycles. The highest BCUT2D eigenvalue weighted by Gasteiger charge is 2.16. The standard InChI is InChI=1S/C13H17ClN4/c1-8-4-10(7-16-6-8)11(15)5-12-13(14)9(2)17-18(12)3/h4,6-7,11H,5,15H2,1-3H3. The van der Waals surface area contributed by atoms with E-state index in [0.717, 1.165) is 22.5 Å². The Balaban J connectivity index is 2.24. The molecule has 0 saturated carbocycles. The fourth-order valence-corrected chi connectivity index (χ4v) is 2.25. The van der Waals surface area contributed by atoms with Gasteiger partial charge >= 0.3 is 0 Å². The van der Waals surface area contributed by atoms with E-state index in [4.69, 9.17) is 17.3 Å². The van der Waals surface area contributed by atoms with Crippen molar-refractivity contribution in [3.05, 3.63) is 46.0 Å². The third-order valence-corrected chi connectivity index (χ3v) is 3.49. The maximum absolute atomic E-state index is 6.22. The topological polar surface area (TPSA) is 56.7 Å². The number of halogens is 1. The van der Waals surface area contributed by atoms with Gasteiger partial charge in [0.1, 0.15) is 0 Å². The van der Waals surface area contributed by atoms with E-state index in [1.165, 1.54) is 0 Å². The van der Waals surface area contributed by atoms with E-state index in [-0.39, 0.29) is 6.04 Å². The first kappa shape index (κ1) is 13.1. The van der Waals surface area contributed by atoms with E-state index in [1.54, 1.807) is 10.9 Å². The zero-order valence-electron chi connectivity index (χ0n) is 10.8. The van der Waals surface area contributed by atoms with Gasteiger partial charge in [-0.15, -0.1) is 0 Å². The minimum Gasteiger partial charge on any atom is -0.324 e. The van der Waals surface area contributed by atoms with Gasteiger partial charge in [-0.25, -0.2) is 0 Å². The lowest BCUT2D eigenvalue weighted by Crippen LogP contribution is -2.16. The van der Waals surface area contributed by atoms with Crippen molar-refractivity contribution in [1.29, 1.82) is 0 Å². The van der Waals surface area contributed by atoms with Gasteiger partial charge in [-0.3, -0.25) is 9.67 Å². The molecule has 18 heavy (non-hydrogen) atoms. The molecule has 2 aromatic heterocycles. The highest BCUT2D eigenvalue weighted by molar-refractivity contribution is 6.31. The minimum absolute atomic E-state index is 0.121. The van der Waals surface area contributed by atoms with Gasteiger partial charge < -0.3 is 5.73 Å². The molecule has 0 radical (unpaired) electrons. The van der Waals surface area contributed by atoms with Crippen LogP contribution in [0.5, 0.6) is 0 Å². The molecular weight excluding hydrogens is 248 g/mol. The first-order chi connectivity index (χ1) is 8.49. The van der Waals surface area contributed by atoms with Crippen LogP contribution in [0.1, 0.15) is 28.6 Å². The second-order valence-corrected chi connectivity index (χ2v) is 4.95. The van der Waals surface area contributed by atoms with Crippen molar-refractivity contribution in [2.45, 2.75) is 26.3 Å². The average Bonchev–Trinajstić information content (AvgIpc) is 2.56. The van der Waals surface area contributed by atoms with E-state index < -0.39 is 0 Å². The summed E-state index contributed by atoms with van der Waals surface area (Å²) in [7, 11) is 1.88. The molecule has 0 saturated heterocycles. The van der Waals surface area contributed by atoms with Crippen LogP contribution >= 0.6 is 11.6 Å². The fraction of sp³-hybridized carbons (Fsp3) is 0.385. The predicted octanol–water partition coefficient (Wildman–Crippen LogP) is 2.33. The van der Waals surface area contributed by atoms with Gasteiger partial charge in [0, 0.05) is 31.9 Å². The van der Waals surface area contributed by atoms with Gasteiger partial charge in [-0.2, -0.15) is 5.10 Å². The fourth-order valence-electron chi connectivity index (χ4n) is 2.01. The van der Waals surface area contributed by atoms with Crippen LogP contribution in [0.2, 0.25) is 5.02 Å². The van der Waals surface area contributed by atoms with Crippen LogP contribution in [0, 0.1) is 13.8 Å². The van der Waals surface area contributed by atoms with E-state index in [9.17, 15) is 0 Å². The second-order valence-electron chi connectivity index (χ2n) is 4.58. The van der Waals surface area contributed by atoms with Crippen LogP contribution in [0.3, 0.4) is 0 Å². The largest absolute Gasteiger partial charge is 0.324 e. The van der Waals surface area contributed by atoms with Crippen molar-refractivity contribution in [1.82, 2.24) is 14.8 Å². The Hall–Kier alpha value is -1.39. The summed E-state index contributed by atoms with van der Waals surface area (Å²) in [6.07, 6.45) is 4.27. The van der Waals surface area contributed by atoms with Crippen LogP contribution in [0.15, 0.2) is 18.5 Å². The number of aryl methyl sites for hydroxylation is 3. The number of rotatable bonds is 3. The summed E-state index contributed by atoms with van der Waals surface area (Å²) in [6.45, 7) is 3.90. The smallest absolute Gasteiger partial charge is 0.0847 e.